The van der Waals surface area contributed by atoms with Crippen molar-refractivity contribution in [3.63, 3.8) is 0 Å². The van der Waals surface area contributed by atoms with Gasteiger partial charge in [-0.1, -0.05) is 83.1 Å². The zero-order valence-electron chi connectivity index (χ0n) is 53.4. The van der Waals surface area contributed by atoms with E-state index >= 15 is 0 Å². The van der Waals surface area contributed by atoms with Crippen LogP contribution in [0, 0.1) is 109 Å². The molecule has 97 heavy (non-hydrogen) atoms. The van der Waals surface area contributed by atoms with Gasteiger partial charge in [0.2, 0.25) is 5.78 Å². The van der Waals surface area contributed by atoms with Crippen molar-refractivity contribution in [2.75, 3.05) is 0 Å². The standard InChI is InChI=1S/4C14H15F7O2.C2H3N.La.Na/c4*1-10(2)6-4-5-11(10,3)8(22)7(6)9(23)12(15,16)13(17,18)14(19,20)21;1-2-3;;/h3*6,23H,4-5H2,1-3H3;6,22H,4-5H2,1-3H3;1H3;;/q;;;;;+3;+1/p-3/b3*9-7-;;;;/t4*6-,11+;;;/m0000.../s1. The number of carbonyl (C=O) groups is 4. The third-order valence-corrected chi connectivity index (χ3v) is 22.4. The molecule has 8 atom stereocenters. The van der Waals surface area contributed by atoms with E-state index in [1.807, 2.05) is 6.07 Å². The maximum Gasteiger partial charge on any atom is 3.00 e. The van der Waals surface area contributed by atoms with Crippen molar-refractivity contribution >= 4 is 23.1 Å². The van der Waals surface area contributed by atoms with Crippen molar-refractivity contribution in [3.8, 4) is 6.07 Å². The van der Waals surface area contributed by atoms with E-state index in [-0.39, 0.29) is 117 Å². The molecule has 0 aromatic rings. The summed E-state index contributed by atoms with van der Waals surface area (Å²) in [6.07, 6.45) is -24.9. The van der Waals surface area contributed by atoms with E-state index in [1.165, 1.54) is 83.1 Å². The number of hydrogen-bond acceptors (Lipinski definition) is 8. The van der Waals surface area contributed by atoms with Gasteiger partial charge in [-0.3, -0.25) is 19.2 Å². The maximum absolute atomic E-state index is 13.6. The van der Waals surface area contributed by atoms with Crippen LogP contribution in [-0.2, 0) is 19.2 Å². The second-order valence-corrected chi connectivity index (χ2v) is 27.7. The van der Waals surface area contributed by atoms with Crippen LogP contribution in [0.15, 0.2) is 45.3 Å². The fourth-order valence-corrected chi connectivity index (χ4v) is 14.5. The minimum Gasteiger partial charge on any atom is -0.875 e. The molecular weight excluding hydrogens is 1530 g/mol. The summed E-state index contributed by atoms with van der Waals surface area (Å²) in [6.45, 7) is 19.3. The van der Waals surface area contributed by atoms with Crippen molar-refractivity contribution in [3.05, 3.63) is 45.3 Å². The number of hydrogen-bond donors (Lipinski definition) is 1. The van der Waals surface area contributed by atoms with E-state index in [1.54, 1.807) is 6.92 Å². The van der Waals surface area contributed by atoms with E-state index in [0.717, 1.165) is 0 Å². The van der Waals surface area contributed by atoms with Gasteiger partial charge in [-0.05, 0) is 142 Å². The first-order chi connectivity index (χ1) is 41.5. The summed E-state index contributed by atoms with van der Waals surface area (Å²) in [5, 5.41) is 53.6. The maximum atomic E-state index is 13.6. The molecule has 7 saturated carbocycles. The number of ketones is 4. The van der Waals surface area contributed by atoms with Gasteiger partial charge in [0.05, 0.1) is 6.92 Å². The van der Waals surface area contributed by atoms with E-state index in [4.69, 9.17) is 5.26 Å². The molecule has 39 heteroatoms. The van der Waals surface area contributed by atoms with Gasteiger partial charge in [0.25, 0.3) is 6.07 Å². The Labute approximate surface area is 584 Å². The molecule has 8 aliphatic carbocycles. The average molecular weight is 1590 g/mol. The van der Waals surface area contributed by atoms with Crippen LogP contribution in [-0.4, -0.2) is 95.2 Å². The Kier molecular flexibility index (Phi) is 23.8. The molecule has 7 fully saturated rings. The predicted octanol–water partition coefficient (Wildman–Crippen LogP) is 9.62. The van der Waals surface area contributed by atoms with Crippen LogP contribution in [0.2, 0.25) is 0 Å². The number of fused-ring (bicyclic) bond motifs is 8. The van der Waals surface area contributed by atoms with Gasteiger partial charge in [0.1, 0.15) is 0 Å². The zero-order valence-corrected chi connectivity index (χ0v) is 59.0. The number of rotatable bonds is 9. The molecule has 8 rings (SSSR count). The Morgan fingerprint density at radius 3 is 0.722 bits per heavy atom. The van der Waals surface area contributed by atoms with Crippen LogP contribution in [0.3, 0.4) is 0 Å². The van der Waals surface area contributed by atoms with Crippen LogP contribution < -0.4 is 55.2 Å². The second-order valence-electron chi connectivity index (χ2n) is 27.7. The van der Waals surface area contributed by atoms with Crippen molar-refractivity contribution < 1.29 is 233 Å². The molecule has 8 bridgehead atoms. The Hall–Kier alpha value is -3.44. The zero-order chi connectivity index (χ0) is 75.6. The molecule has 9 nitrogen and oxygen atoms in total. The molecule has 544 valence electrons. The first-order valence-electron chi connectivity index (χ1n) is 28.0. The van der Waals surface area contributed by atoms with Crippen molar-refractivity contribution in [1.82, 2.24) is 0 Å². The molecule has 1 N–H and O–H groups in total. The van der Waals surface area contributed by atoms with E-state index in [2.05, 4.69) is 0 Å². The van der Waals surface area contributed by atoms with E-state index in [0.29, 0.717) is 0 Å². The Balaban J connectivity index is 0.000000431. The monoisotopic (exact) mass is 1590 g/mol. The fourth-order valence-electron chi connectivity index (χ4n) is 14.5. The molecule has 0 spiro atoms. The van der Waals surface area contributed by atoms with Crippen LogP contribution >= 0.6 is 0 Å². The molecular formula is C58H60F28LaNNaO8+. The minimum absolute atomic E-state index is 0. The van der Waals surface area contributed by atoms with Crippen LogP contribution in [0.5, 0.6) is 0 Å². The van der Waals surface area contributed by atoms with Crippen LogP contribution in [0.4, 0.5) is 123 Å². The predicted molar refractivity (Wildman–Crippen MR) is 261 cm³/mol. The number of allylic oxidation sites excluding steroid dienone is 8. The van der Waals surface area contributed by atoms with Crippen LogP contribution in [0.25, 0.3) is 0 Å². The molecule has 0 aromatic heterocycles. The SMILES string of the molecule is CC#[NH+].CC1(C)[C@H]2CC[C@]1(C)C(=O)/C2=C(\[O-])C(F)(F)C(F)(F)C(F)(F)F.CC1(C)[C@H]2CC[C@]1(C)C(=O)/C2=C(\[O-])C(F)(F)C(F)(F)C(F)(F)F.CC1(C)[C@H]2CC[C@]1(C)C(=O)/C2=C(\[O-])C(F)(F)C(F)(F)C(F)(F)F.CC1(C)[C@H]2CC[C@]1(C)C([O-])=C2C(=O)C(F)(F)C(F)(F)C(F)(F)F.[La+3].[Na+]. The summed E-state index contributed by atoms with van der Waals surface area (Å²) in [6, 6.07) is 2.00. The summed E-state index contributed by atoms with van der Waals surface area (Å²) in [5.41, 5.74) is -13.2. The van der Waals surface area contributed by atoms with Gasteiger partial charge in [0, 0.05) is 16.2 Å². The summed E-state index contributed by atoms with van der Waals surface area (Å²) >= 11 is 0. The number of nitrogens with one attached hydrogen (secondary N) is 1. The number of halogens is 28. The van der Waals surface area contributed by atoms with Crippen LogP contribution in [0.1, 0.15) is 141 Å². The van der Waals surface area contributed by atoms with Gasteiger partial charge < -0.3 is 20.4 Å². The quantitative estimate of drug-likeness (QED) is 0.102. The normalized spacial score (nSPS) is 31.1. The molecule has 0 aliphatic heterocycles. The summed E-state index contributed by atoms with van der Waals surface area (Å²) in [4.78, 5) is 48.6. The van der Waals surface area contributed by atoms with Gasteiger partial charge in [-0.25, -0.2) is 0 Å². The molecule has 0 heterocycles. The third-order valence-electron chi connectivity index (χ3n) is 22.4. The van der Waals surface area contributed by atoms with Gasteiger partial charge in [0.15, 0.2) is 17.3 Å². The smallest absolute Gasteiger partial charge is 0.875 e. The van der Waals surface area contributed by atoms with Gasteiger partial charge in [-0.2, -0.15) is 123 Å². The molecule has 0 aromatic carbocycles. The van der Waals surface area contributed by atoms with Gasteiger partial charge >= 0.3 is 137 Å². The van der Waals surface area contributed by atoms with Gasteiger partial charge in [-0.15, -0.1) is 11.0 Å². The Morgan fingerprint density at radius 2 is 0.557 bits per heavy atom. The van der Waals surface area contributed by atoms with E-state index in [9.17, 15) is 163 Å². The molecule has 0 saturated heterocycles. The number of carbonyl (C=O) groups excluding carboxylic acids is 4. The first kappa shape index (κ1) is 89.6. The molecule has 0 amide bonds. The first-order valence-corrected chi connectivity index (χ1v) is 28.0. The largest absolute Gasteiger partial charge is 3.00 e. The van der Waals surface area contributed by atoms with Crippen molar-refractivity contribution in [1.29, 1.82) is 0 Å². The summed E-state index contributed by atoms with van der Waals surface area (Å²) in [7, 11) is 0. The van der Waals surface area contributed by atoms with E-state index < -0.39 is 208 Å². The topological polar surface area (TPSA) is 184 Å². The summed E-state index contributed by atoms with van der Waals surface area (Å²) < 4.78 is 360. The minimum atomic E-state index is -6.60. The third kappa shape index (κ3) is 12.3. The number of alkyl halides is 28. The van der Waals surface area contributed by atoms with Crippen molar-refractivity contribution in [2.24, 2.45) is 67.0 Å². The Bertz CT molecular complexity index is 3060. The second kappa shape index (κ2) is 25.8. The summed E-state index contributed by atoms with van der Waals surface area (Å²) in [5.74, 6) is -69.6. The molecule has 0 radical (unpaired) electrons. The molecule has 0 unspecified atom stereocenters. The average Bonchev–Trinajstić information content (AvgIpc) is 1.57. The van der Waals surface area contributed by atoms with Crippen molar-refractivity contribution in [2.45, 2.75) is 213 Å². The number of Topliss-reactive ketones (excluding diaryl/α,β-unsaturated/α-hetero) is 4. The Morgan fingerprint density at radius 1 is 0.381 bits per heavy atom. The fraction of sp³-hybridized carbons (Fsp3) is 0.776. The molecule has 8 aliphatic rings.